The van der Waals surface area contributed by atoms with Gasteiger partial charge in [-0.1, -0.05) is 30.7 Å². The largest absolute Gasteiger partial charge is 0.249 e. The van der Waals surface area contributed by atoms with Crippen LogP contribution >= 0.6 is 11.3 Å². The zero-order valence-electron chi connectivity index (χ0n) is 12.6. The molecule has 1 aromatic carbocycles. The summed E-state index contributed by atoms with van der Waals surface area (Å²) in [5.41, 5.74) is 4.97. The van der Waals surface area contributed by atoms with E-state index in [0.29, 0.717) is 12.5 Å². The molecular weight excluding hydrogens is 316 g/mol. The van der Waals surface area contributed by atoms with E-state index >= 15 is 0 Å². The summed E-state index contributed by atoms with van der Waals surface area (Å²) in [5, 5.41) is 0. The van der Waals surface area contributed by atoms with Crippen molar-refractivity contribution in [1.29, 1.82) is 0 Å². The monoisotopic (exact) mass is 336 g/mol. The third-order valence-electron chi connectivity index (χ3n) is 4.14. The highest BCUT2D eigenvalue weighted by atomic mass is 32.2. The van der Waals surface area contributed by atoms with E-state index in [-0.39, 0.29) is 5.75 Å². The SMILES string of the molecule is Cc1ncsc1-c1ccc(CNS(=O)(=O)CC2CCC2)cc1. The highest BCUT2D eigenvalue weighted by Gasteiger charge is 2.24. The van der Waals surface area contributed by atoms with Gasteiger partial charge in [0.15, 0.2) is 0 Å². The fourth-order valence-corrected chi connectivity index (χ4v) is 4.84. The number of hydrogen-bond donors (Lipinski definition) is 1. The minimum atomic E-state index is -3.16. The van der Waals surface area contributed by atoms with Gasteiger partial charge in [0.05, 0.1) is 21.8 Å². The normalized spacial score (nSPS) is 15.7. The lowest BCUT2D eigenvalue weighted by Crippen LogP contribution is -2.31. The van der Waals surface area contributed by atoms with Crippen LogP contribution in [-0.4, -0.2) is 19.2 Å². The van der Waals surface area contributed by atoms with E-state index in [2.05, 4.69) is 9.71 Å². The third kappa shape index (κ3) is 3.74. The van der Waals surface area contributed by atoms with Crippen molar-refractivity contribution in [2.24, 2.45) is 5.92 Å². The highest BCUT2D eigenvalue weighted by Crippen LogP contribution is 2.28. The van der Waals surface area contributed by atoms with E-state index in [4.69, 9.17) is 0 Å². The first kappa shape index (κ1) is 15.6. The third-order valence-corrected chi connectivity index (χ3v) is 6.61. The Labute approximate surface area is 135 Å². The molecule has 1 aliphatic carbocycles. The number of sulfonamides is 1. The minimum absolute atomic E-state index is 0.269. The number of nitrogens with zero attached hydrogens (tertiary/aromatic N) is 1. The van der Waals surface area contributed by atoms with Gasteiger partial charge in [-0.3, -0.25) is 0 Å². The molecule has 1 aliphatic rings. The number of benzene rings is 1. The molecule has 0 aliphatic heterocycles. The molecule has 4 nitrogen and oxygen atoms in total. The first-order chi connectivity index (χ1) is 10.5. The maximum absolute atomic E-state index is 12.0. The number of thiazole rings is 1. The van der Waals surface area contributed by atoms with Gasteiger partial charge in [-0.15, -0.1) is 11.3 Å². The van der Waals surface area contributed by atoms with Crippen molar-refractivity contribution in [2.75, 3.05) is 5.75 Å². The predicted molar refractivity (Wildman–Crippen MR) is 90.3 cm³/mol. The molecule has 3 rings (SSSR count). The quantitative estimate of drug-likeness (QED) is 0.880. The molecule has 0 saturated heterocycles. The van der Waals surface area contributed by atoms with Crippen LogP contribution in [0.3, 0.4) is 0 Å². The van der Waals surface area contributed by atoms with Gasteiger partial charge in [0, 0.05) is 6.54 Å². The van der Waals surface area contributed by atoms with Crippen molar-refractivity contribution in [3.05, 3.63) is 41.0 Å². The van der Waals surface area contributed by atoms with Crippen molar-refractivity contribution in [3.8, 4) is 10.4 Å². The fourth-order valence-electron chi connectivity index (χ4n) is 2.57. The first-order valence-corrected chi connectivity index (χ1v) is 10.0. The Bertz CT molecular complexity index is 732. The van der Waals surface area contributed by atoms with Crippen LogP contribution in [0.2, 0.25) is 0 Å². The zero-order chi connectivity index (χ0) is 15.6. The van der Waals surface area contributed by atoms with E-state index < -0.39 is 10.0 Å². The first-order valence-electron chi connectivity index (χ1n) is 7.50. The van der Waals surface area contributed by atoms with Crippen molar-refractivity contribution in [2.45, 2.75) is 32.7 Å². The van der Waals surface area contributed by atoms with Gasteiger partial charge in [-0.25, -0.2) is 18.1 Å². The molecule has 0 atom stereocenters. The Balaban J connectivity index is 1.60. The van der Waals surface area contributed by atoms with Gasteiger partial charge in [0.2, 0.25) is 10.0 Å². The summed E-state index contributed by atoms with van der Waals surface area (Å²) < 4.78 is 26.7. The summed E-state index contributed by atoms with van der Waals surface area (Å²) in [6.07, 6.45) is 3.26. The van der Waals surface area contributed by atoms with Crippen LogP contribution < -0.4 is 4.72 Å². The van der Waals surface area contributed by atoms with Gasteiger partial charge >= 0.3 is 0 Å². The Hall–Kier alpha value is -1.24. The van der Waals surface area contributed by atoms with Gasteiger partial charge in [0.1, 0.15) is 0 Å². The van der Waals surface area contributed by atoms with Crippen molar-refractivity contribution >= 4 is 21.4 Å². The van der Waals surface area contributed by atoms with Crippen LogP contribution in [0.5, 0.6) is 0 Å². The van der Waals surface area contributed by atoms with Crippen LogP contribution in [0, 0.1) is 12.8 Å². The second-order valence-corrected chi connectivity index (χ2v) is 8.57. The molecular formula is C16H20N2O2S2. The van der Waals surface area contributed by atoms with Crippen molar-refractivity contribution in [1.82, 2.24) is 9.71 Å². The molecule has 1 N–H and O–H groups in total. The summed E-state index contributed by atoms with van der Waals surface area (Å²) in [5.74, 6) is 0.625. The molecule has 1 heterocycles. The standard InChI is InChI=1S/C16H20N2O2S2/c1-12-16(21-11-17-12)15-7-5-13(6-8-15)9-18-22(19,20)10-14-3-2-4-14/h5-8,11,14,18H,2-4,9-10H2,1H3. The summed E-state index contributed by atoms with van der Waals surface area (Å²) in [4.78, 5) is 5.42. The summed E-state index contributed by atoms with van der Waals surface area (Å²) in [6.45, 7) is 2.35. The topological polar surface area (TPSA) is 59.1 Å². The van der Waals surface area contributed by atoms with Crippen LogP contribution in [-0.2, 0) is 16.6 Å². The van der Waals surface area contributed by atoms with E-state index in [1.165, 1.54) is 6.42 Å². The minimum Gasteiger partial charge on any atom is -0.249 e. The van der Waals surface area contributed by atoms with E-state index in [1.54, 1.807) is 11.3 Å². The smallest absolute Gasteiger partial charge is 0.212 e. The maximum Gasteiger partial charge on any atom is 0.212 e. The number of rotatable bonds is 6. The van der Waals surface area contributed by atoms with Crippen LogP contribution in [0.4, 0.5) is 0 Å². The average Bonchev–Trinajstić information content (AvgIpc) is 2.88. The molecule has 6 heteroatoms. The zero-order valence-corrected chi connectivity index (χ0v) is 14.2. The molecule has 0 unspecified atom stereocenters. The van der Waals surface area contributed by atoms with Crippen molar-refractivity contribution in [3.63, 3.8) is 0 Å². The molecule has 0 radical (unpaired) electrons. The van der Waals surface area contributed by atoms with Gasteiger partial charge in [-0.05, 0) is 36.8 Å². The summed E-state index contributed by atoms with van der Waals surface area (Å²) in [7, 11) is -3.16. The number of aryl methyl sites for hydroxylation is 1. The lowest BCUT2D eigenvalue weighted by atomic mass is 9.87. The predicted octanol–water partition coefficient (Wildman–Crippen LogP) is 3.34. The van der Waals surface area contributed by atoms with Crippen LogP contribution in [0.1, 0.15) is 30.5 Å². The Morgan fingerprint density at radius 1 is 1.27 bits per heavy atom. The molecule has 1 fully saturated rings. The Morgan fingerprint density at radius 3 is 2.55 bits per heavy atom. The molecule has 1 aromatic heterocycles. The number of nitrogens with one attached hydrogen (secondary N) is 1. The molecule has 0 spiro atoms. The molecule has 0 bridgehead atoms. The lowest BCUT2D eigenvalue weighted by molar-refractivity contribution is 0.346. The van der Waals surface area contributed by atoms with Gasteiger partial charge in [0.25, 0.3) is 0 Å². The molecule has 1 saturated carbocycles. The van der Waals surface area contributed by atoms with Gasteiger partial charge < -0.3 is 0 Å². The Morgan fingerprint density at radius 2 is 2.00 bits per heavy atom. The van der Waals surface area contributed by atoms with Crippen LogP contribution in [0.25, 0.3) is 10.4 Å². The Kier molecular flexibility index (Phi) is 4.61. The highest BCUT2D eigenvalue weighted by molar-refractivity contribution is 7.89. The van der Waals surface area contributed by atoms with E-state index in [0.717, 1.165) is 34.5 Å². The average molecular weight is 336 g/mol. The molecule has 0 amide bonds. The fraction of sp³-hybridized carbons (Fsp3) is 0.438. The number of aromatic nitrogens is 1. The van der Waals surface area contributed by atoms with E-state index in [9.17, 15) is 8.42 Å². The van der Waals surface area contributed by atoms with E-state index in [1.807, 2.05) is 36.7 Å². The molecule has 22 heavy (non-hydrogen) atoms. The molecule has 118 valence electrons. The number of hydrogen-bond acceptors (Lipinski definition) is 4. The second kappa shape index (κ2) is 6.48. The summed E-state index contributed by atoms with van der Waals surface area (Å²) >= 11 is 1.62. The van der Waals surface area contributed by atoms with Crippen LogP contribution in [0.15, 0.2) is 29.8 Å². The summed E-state index contributed by atoms with van der Waals surface area (Å²) in [6, 6.07) is 7.99. The maximum atomic E-state index is 12.0. The van der Waals surface area contributed by atoms with Gasteiger partial charge in [-0.2, -0.15) is 0 Å². The molecule has 2 aromatic rings. The second-order valence-electron chi connectivity index (χ2n) is 5.86. The lowest BCUT2D eigenvalue weighted by Gasteiger charge is -2.24. The van der Waals surface area contributed by atoms with Crippen molar-refractivity contribution < 1.29 is 8.42 Å².